The van der Waals surface area contributed by atoms with Crippen LogP contribution < -0.4 is 10.2 Å². The van der Waals surface area contributed by atoms with Gasteiger partial charge in [0.25, 0.3) is 0 Å². The Kier molecular flexibility index (Phi) is 4.73. The predicted octanol–water partition coefficient (Wildman–Crippen LogP) is 1.52. The van der Waals surface area contributed by atoms with Crippen molar-refractivity contribution in [2.45, 2.75) is 46.2 Å². The molecule has 90 valence electrons. The van der Waals surface area contributed by atoms with Gasteiger partial charge in [0.1, 0.15) is 6.54 Å². The minimum absolute atomic E-state index is 0.0720. The highest BCUT2D eigenvalue weighted by Crippen LogP contribution is 2.00. The molecule has 0 aromatic carbocycles. The summed E-state index contributed by atoms with van der Waals surface area (Å²) in [6, 6.07) is 0.210. The van der Waals surface area contributed by atoms with Gasteiger partial charge in [-0.2, -0.15) is 0 Å². The number of amides is 1. The largest absolute Gasteiger partial charge is 0.352 e. The Bertz CT molecular complexity index is 404. The molecule has 1 aromatic rings. The van der Waals surface area contributed by atoms with Gasteiger partial charge in [-0.15, -0.1) is 0 Å². The van der Waals surface area contributed by atoms with Gasteiger partial charge in [-0.25, -0.2) is 0 Å². The minimum Gasteiger partial charge on any atom is -0.352 e. The molecule has 1 N–H and O–H groups in total. The second-order valence-electron chi connectivity index (χ2n) is 3.81. The lowest BCUT2D eigenvalue weighted by Gasteiger charge is -2.14. The highest BCUT2D eigenvalue weighted by molar-refractivity contribution is 7.07. The fourth-order valence-electron chi connectivity index (χ4n) is 1.51. The van der Waals surface area contributed by atoms with Crippen LogP contribution in [0, 0.1) is 6.92 Å². The van der Waals surface area contributed by atoms with Gasteiger partial charge >= 0.3 is 4.87 Å². The Labute approximate surface area is 99.3 Å². The quantitative estimate of drug-likeness (QED) is 0.851. The maximum atomic E-state index is 11.7. The van der Waals surface area contributed by atoms with E-state index in [1.165, 1.54) is 4.57 Å². The second kappa shape index (κ2) is 5.84. The Morgan fingerprint density at radius 1 is 1.50 bits per heavy atom. The van der Waals surface area contributed by atoms with Crippen LogP contribution in [0.4, 0.5) is 0 Å². The van der Waals surface area contributed by atoms with E-state index >= 15 is 0 Å². The number of aromatic nitrogens is 1. The molecule has 0 aliphatic heterocycles. The molecule has 1 rings (SSSR count). The van der Waals surface area contributed by atoms with Gasteiger partial charge in [0.2, 0.25) is 5.91 Å². The first kappa shape index (κ1) is 13.0. The van der Waals surface area contributed by atoms with Gasteiger partial charge < -0.3 is 5.32 Å². The van der Waals surface area contributed by atoms with E-state index in [9.17, 15) is 9.59 Å². The van der Waals surface area contributed by atoms with Crippen molar-refractivity contribution in [2.24, 2.45) is 0 Å². The summed E-state index contributed by atoms with van der Waals surface area (Å²) in [5.74, 6) is -0.0858. The topological polar surface area (TPSA) is 51.1 Å². The molecule has 4 nitrogen and oxygen atoms in total. The Morgan fingerprint density at radius 3 is 2.56 bits per heavy atom. The first-order chi connectivity index (χ1) is 7.58. The Morgan fingerprint density at radius 2 is 2.12 bits per heavy atom. The number of hydrogen-bond acceptors (Lipinski definition) is 3. The molecule has 0 atom stereocenters. The van der Waals surface area contributed by atoms with Gasteiger partial charge in [-0.05, 0) is 19.8 Å². The Balaban J connectivity index is 2.61. The number of nitrogens with one attached hydrogen (secondary N) is 1. The zero-order chi connectivity index (χ0) is 12.1. The predicted molar refractivity (Wildman–Crippen MR) is 65.8 cm³/mol. The van der Waals surface area contributed by atoms with E-state index < -0.39 is 0 Å². The fourth-order valence-corrected chi connectivity index (χ4v) is 2.24. The molecule has 5 heteroatoms. The third-order valence-electron chi connectivity index (χ3n) is 2.63. The maximum absolute atomic E-state index is 11.7. The molecule has 0 fully saturated rings. The molecular formula is C11H18N2O2S. The summed E-state index contributed by atoms with van der Waals surface area (Å²) >= 11 is 1.13. The first-order valence-corrected chi connectivity index (χ1v) is 6.40. The van der Waals surface area contributed by atoms with Crippen LogP contribution in [0.1, 0.15) is 32.4 Å². The molecule has 1 amide bonds. The van der Waals surface area contributed by atoms with Crippen LogP contribution >= 0.6 is 11.3 Å². The molecule has 0 aliphatic rings. The lowest BCUT2D eigenvalue weighted by Crippen LogP contribution is -2.37. The maximum Gasteiger partial charge on any atom is 0.307 e. The number of nitrogens with zero attached hydrogens (tertiary/aromatic N) is 1. The third-order valence-corrected chi connectivity index (χ3v) is 3.51. The SMILES string of the molecule is CCC(CC)NC(=O)Cn1c(C)csc1=O. The van der Waals surface area contributed by atoms with E-state index in [2.05, 4.69) is 5.32 Å². The molecule has 0 aliphatic carbocycles. The zero-order valence-electron chi connectivity index (χ0n) is 9.95. The number of hydrogen-bond donors (Lipinski definition) is 1. The van der Waals surface area contributed by atoms with E-state index in [4.69, 9.17) is 0 Å². The van der Waals surface area contributed by atoms with Crippen LogP contribution in [-0.4, -0.2) is 16.5 Å². The number of aryl methyl sites for hydroxylation is 1. The number of thiazole rings is 1. The summed E-state index contributed by atoms with van der Waals surface area (Å²) in [5.41, 5.74) is 0.842. The molecule has 16 heavy (non-hydrogen) atoms. The van der Waals surface area contributed by atoms with Gasteiger partial charge in [0.15, 0.2) is 0 Å². The van der Waals surface area contributed by atoms with Gasteiger partial charge in [-0.1, -0.05) is 25.2 Å². The molecule has 0 saturated heterocycles. The van der Waals surface area contributed by atoms with Gasteiger partial charge in [-0.3, -0.25) is 14.2 Å². The van der Waals surface area contributed by atoms with Crippen molar-refractivity contribution in [1.82, 2.24) is 9.88 Å². The fraction of sp³-hybridized carbons (Fsp3) is 0.636. The summed E-state index contributed by atoms with van der Waals surface area (Å²) in [4.78, 5) is 23.0. The van der Waals surface area contributed by atoms with Crippen LogP contribution in [0.3, 0.4) is 0 Å². The summed E-state index contributed by atoms with van der Waals surface area (Å²) in [7, 11) is 0. The second-order valence-corrected chi connectivity index (χ2v) is 4.63. The molecule has 0 spiro atoms. The summed E-state index contributed by atoms with van der Waals surface area (Å²) in [6.07, 6.45) is 1.83. The van der Waals surface area contributed by atoms with Crippen LogP contribution in [0.2, 0.25) is 0 Å². The highest BCUT2D eigenvalue weighted by atomic mass is 32.1. The van der Waals surface area contributed by atoms with Gasteiger partial charge in [0.05, 0.1) is 0 Å². The van der Waals surface area contributed by atoms with E-state index in [0.29, 0.717) is 0 Å². The monoisotopic (exact) mass is 242 g/mol. The molecule has 0 saturated carbocycles. The average molecular weight is 242 g/mol. The van der Waals surface area contributed by atoms with E-state index in [-0.39, 0.29) is 23.4 Å². The van der Waals surface area contributed by atoms with Crippen molar-refractivity contribution in [2.75, 3.05) is 0 Å². The molecule has 0 unspecified atom stereocenters. The number of rotatable bonds is 5. The third kappa shape index (κ3) is 3.20. The van der Waals surface area contributed by atoms with Crippen molar-refractivity contribution >= 4 is 17.2 Å². The van der Waals surface area contributed by atoms with Crippen LogP contribution in [-0.2, 0) is 11.3 Å². The Hall–Kier alpha value is -1.10. The van der Waals surface area contributed by atoms with E-state index in [1.54, 1.807) is 5.38 Å². The summed E-state index contributed by atoms with van der Waals surface area (Å²) in [6.45, 7) is 6.04. The van der Waals surface area contributed by atoms with Crippen LogP contribution in [0.25, 0.3) is 0 Å². The molecule has 0 bridgehead atoms. The normalized spacial score (nSPS) is 10.8. The summed E-state index contributed by atoms with van der Waals surface area (Å²) in [5, 5.41) is 4.69. The average Bonchev–Trinajstić information content (AvgIpc) is 2.57. The van der Waals surface area contributed by atoms with Crippen LogP contribution in [0.15, 0.2) is 10.2 Å². The smallest absolute Gasteiger partial charge is 0.307 e. The lowest BCUT2D eigenvalue weighted by molar-refractivity contribution is -0.122. The molecular weight excluding hydrogens is 224 g/mol. The van der Waals surface area contributed by atoms with E-state index in [0.717, 1.165) is 29.9 Å². The van der Waals surface area contributed by atoms with Crippen molar-refractivity contribution in [1.29, 1.82) is 0 Å². The zero-order valence-corrected chi connectivity index (χ0v) is 10.8. The summed E-state index contributed by atoms with van der Waals surface area (Å²) < 4.78 is 1.50. The van der Waals surface area contributed by atoms with Crippen molar-refractivity contribution in [3.05, 3.63) is 20.7 Å². The number of carbonyl (C=O) groups is 1. The van der Waals surface area contributed by atoms with Crippen molar-refractivity contribution < 1.29 is 4.79 Å². The molecule has 1 heterocycles. The van der Waals surface area contributed by atoms with Crippen molar-refractivity contribution in [3.8, 4) is 0 Å². The highest BCUT2D eigenvalue weighted by Gasteiger charge is 2.11. The van der Waals surface area contributed by atoms with E-state index in [1.807, 2.05) is 20.8 Å². The standard InChI is InChI=1S/C11H18N2O2S/c1-4-9(5-2)12-10(14)6-13-8(3)7-16-11(13)15/h7,9H,4-6H2,1-3H3,(H,12,14). The van der Waals surface area contributed by atoms with Crippen molar-refractivity contribution in [3.63, 3.8) is 0 Å². The van der Waals surface area contributed by atoms with Crippen LogP contribution in [0.5, 0.6) is 0 Å². The minimum atomic E-state index is -0.0858. The molecule has 0 radical (unpaired) electrons. The number of carbonyl (C=O) groups excluding carboxylic acids is 1. The first-order valence-electron chi connectivity index (χ1n) is 5.52. The molecule has 1 aromatic heterocycles. The lowest BCUT2D eigenvalue weighted by atomic mass is 10.2. The van der Waals surface area contributed by atoms with Gasteiger partial charge in [0, 0.05) is 17.1 Å².